The summed E-state index contributed by atoms with van der Waals surface area (Å²) in [7, 11) is 1.56. The van der Waals surface area contributed by atoms with Crippen LogP contribution in [0.25, 0.3) is 0 Å². The first-order valence-corrected chi connectivity index (χ1v) is 10.7. The van der Waals surface area contributed by atoms with Gasteiger partial charge >= 0.3 is 0 Å². The summed E-state index contributed by atoms with van der Waals surface area (Å²) < 4.78 is 5.16. The van der Waals surface area contributed by atoms with Crippen LogP contribution >= 0.6 is 11.6 Å². The normalized spacial score (nSPS) is 29.3. The Morgan fingerprint density at radius 1 is 1.16 bits per heavy atom. The Hall–Kier alpha value is -2.94. The number of para-hydroxylation sites is 1. The van der Waals surface area contributed by atoms with Crippen LogP contribution < -0.4 is 15.4 Å². The van der Waals surface area contributed by atoms with Crippen molar-refractivity contribution in [2.45, 2.75) is 31.2 Å². The van der Waals surface area contributed by atoms with Gasteiger partial charge in [-0.3, -0.25) is 24.6 Å². The van der Waals surface area contributed by atoms with Crippen molar-refractivity contribution in [3.8, 4) is 5.75 Å². The molecule has 1 spiro atoms. The van der Waals surface area contributed by atoms with Crippen molar-refractivity contribution in [3.63, 3.8) is 0 Å². The van der Waals surface area contributed by atoms with Gasteiger partial charge in [0.05, 0.1) is 42.3 Å². The quantitative estimate of drug-likeness (QED) is 0.605. The molecule has 2 aromatic carbocycles. The molecule has 2 saturated heterocycles. The molecule has 0 bridgehead atoms. The molecule has 0 aliphatic carbocycles. The van der Waals surface area contributed by atoms with Crippen LogP contribution in [-0.2, 0) is 26.5 Å². The number of nitrogens with zero attached hydrogens (tertiary/aromatic N) is 1. The molecule has 3 amide bonds. The summed E-state index contributed by atoms with van der Waals surface area (Å²) in [5.41, 5.74) is 0.210. The molecule has 5 atom stereocenters. The van der Waals surface area contributed by atoms with Crippen LogP contribution in [0.5, 0.6) is 5.75 Å². The third kappa shape index (κ3) is 2.73. The Morgan fingerprint density at radius 2 is 1.88 bits per heavy atom. The first kappa shape index (κ1) is 20.9. The first-order chi connectivity index (χ1) is 15.3. The number of methoxy groups -OCH3 is 1. The second-order valence-electron chi connectivity index (χ2n) is 8.45. The van der Waals surface area contributed by atoms with Gasteiger partial charge in [-0.1, -0.05) is 35.9 Å². The summed E-state index contributed by atoms with van der Waals surface area (Å²) in [6, 6.07) is 11.4. The highest BCUT2D eigenvalue weighted by Crippen LogP contribution is 2.54. The maximum atomic E-state index is 13.6. The van der Waals surface area contributed by atoms with E-state index in [4.69, 9.17) is 16.3 Å². The summed E-state index contributed by atoms with van der Waals surface area (Å²) in [4.78, 5) is 41.6. The number of likely N-dealkylation sites (tertiary alicyclic amines) is 1. The number of fused-ring (bicyclic) bond motifs is 4. The monoisotopic (exact) mass is 455 g/mol. The lowest BCUT2D eigenvalue weighted by atomic mass is 9.76. The molecule has 2 fully saturated rings. The molecule has 0 unspecified atom stereocenters. The highest BCUT2D eigenvalue weighted by atomic mass is 35.5. The fourth-order valence-electron chi connectivity index (χ4n) is 5.27. The predicted molar refractivity (Wildman–Crippen MR) is 116 cm³/mol. The van der Waals surface area contributed by atoms with Gasteiger partial charge in [0.25, 0.3) is 0 Å². The summed E-state index contributed by atoms with van der Waals surface area (Å²) in [5, 5.41) is 16.7. The number of amides is 3. The number of benzene rings is 2. The van der Waals surface area contributed by atoms with Crippen LogP contribution in [-0.4, -0.2) is 47.0 Å². The Bertz CT molecular complexity index is 1130. The molecule has 2 aromatic rings. The number of carbonyl (C=O) groups excluding carboxylic acids is 3. The zero-order chi connectivity index (χ0) is 22.8. The Balaban J connectivity index is 1.58. The van der Waals surface area contributed by atoms with E-state index < -0.39 is 47.2 Å². The third-order valence-corrected chi connectivity index (χ3v) is 7.06. The standard InChI is InChI=1S/C23H22ClN3O5/c1-11(28)18-16-17(23(26-18)14-4-3-5-15(24)19(14)25-22(23)31)21(30)27(20(16)29)10-12-6-8-13(32-2)9-7-12/h3-9,11,16-18,26,28H,10H2,1-2H3,(H,25,31)/t11-,16-,17-,18+,23+/m0/s1. The second kappa shape index (κ2) is 7.30. The van der Waals surface area contributed by atoms with E-state index in [2.05, 4.69) is 10.6 Å². The lowest BCUT2D eigenvalue weighted by Crippen LogP contribution is -2.54. The Kier molecular flexibility index (Phi) is 4.77. The van der Waals surface area contributed by atoms with Gasteiger partial charge in [0, 0.05) is 11.6 Å². The highest BCUT2D eigenvalue weighted by molar-refractivity contribution is 6.35. The molecule has 5 rings (SSSR count). The first-order valence-electron chi connectivity index (χ1n) is 10.3. The number of rotatable bonds is 4. The number of halogens is 1. The van der Waals surface area contributed by atoms with Crippen LogP contribution in [0.15, 0.2) is 42.5 Å². The fraction of sp³-hybridized carbons (Fsp3) is 0.348. The smallest absolute Gasteiger partial charge is 0.250 e. The van der Waals surface area contributed by atoms with E-state index in [1.165, 1.54) is 4.90 Å². The van der Waals surface area contributed by atoms with Crippen molar-refractivity contribution < 1.29 is 24.2 Å². The van der Waals surface area contributed by atoms with E-state index in [1.807, 2.05) is 0 Å². The SMILES string of the molecule is COc1ccc(CN2C(=O)[C@@H]3[C@@H]([C@H](C)O)N[C@@]4(C(=O)Nc5c(Cl)cccc54)[C@@H]3C2=O)cc1. The van der Waals surface area contributed by atoms with Crippen molar-refractivity contribution >= 4 is 35.0 Å². The Morgan fingerprint density at radius 3 is 2.53 bits per heavy atom. The molecular weight excluding hydrogens is 434 g/mol. The minimum atomic E-state index is -1.48. The van der Waals surface area contributed by atoms with Crippen molar-refractivity contribution in [3.05, 3.63) is 58.6 Å². The van der Waals surface area contributed by atoms with E-state index in [9.17, 15) is 19.5 Å². The number of hydrogen-bond acceptors (Lipinski definition) is 6. The molecule has 8 nitrogen and oxygen atoms in total. The minimum absolute atomic E-state index is 0.0707. The number of hydrogen-bond donors (Lipinski definition) is 3. The number of carbonyl (C=O) groups is 3. The van der Waals surface area contributed by atoms with Gasteiger partial charge in [-0.15, -0.1) is 0 Å². The van der Waals surface area contributed by atoms with Crippen LogP contribution in [0.3, 0.4) is 0 Å². The fourth-order valence-corrected chi connectivity index (χ4v) is 5.49. The maximum absolute atomic E-state index is 13.6. The average Bonchev–Trinajstić information content (AvgIpc) is 3.36. The molecular formula is C23H22ClN3O5. The summed E-state index contributed by atoms with van der Waals surface area (Å²) in [6.45, 7) is 1.62. The molecule has 0 radical (unpaired) electrons. The van der Waals surface area contributed by atoms with Crippen LogP contribution in [0.1, 0.15) is 18.1 Å². The number of aliphatic hydroxyl groups is 1. The van der Waals surface area contributed by atoms with E-state index in [-0.39, 0.29) is 6.54 Å². The van der Waals surface area contributed by atoms with Crippen molar-refractivity contribution in [1.29, 1.82) is 0 Å². The average molecular weight is 456 g/mol. The predicted octanol–water partition coefficient (Wildman–Crippen LogP) is 1.65. The van der Waals surface area contributed by atoms with Gasteiger partial charge in [0.1, 0.15) is 11.3 Å². The molecule has 3 aliphatic heterocycles. The van der Waals surface area contributed by atoms with Crippen LogP contribution in [0.4, 0.5) is 5.69 Å². The highest BCUT2D eigenvalue weighted by Gasteiger charge is 2.71. The van der Waals surface area contributed by atoms with Crippen molar-refractivity contribution in [1.82, 2.24) is 10.2 Å². The minimum Gasteiger partial charge on any atom is -0.497 e. The van der Waals surface area contributed by atoms with E-state index >= 15 is 0 Å². The molecule has 32 heavy (non-hydrogen) atoms. The van der Waals surface area contributed by atoms with Gasteiger partial charge < -0.3 is 15.2 Å². The molecule has 9 heteroatoms. The molecule has 166 valence electrons. The van der Waals surface area contributed by atoms with Gasteiger partial charge in [-0.05, 0) is 30.7 Å². The lowest BCUT2D eigenvalue weighted by Gasteiger charge is -2.30. The zero-order valence-corrected chi connectivity index (χ0v) is 18.2. The van der Waals surface area contributed by atoms with Crippen LogP contribution in [0, 0.1) is 11.8 Å². The summed E-state index contributed by atoms with van der Waals surface area (Å²) in [6.07, 6.45) is -0.962. The molecule has 3 N–H and O–H groups in total. The lowest BCUT2D eigenvalue weighted by molar-refractivity contribution is -0.143. The van der Waals surface area contributed by atoms with E-state index in [0.717, 1.165) is 5.56 Å². The zero-order valence-electron chi connectivity index (χ0n) is 17.5. The number of aliphatic hydroxyl groups excluding tert-OH is 1. The third-order valence-electron chi connectivity index (χ3n) is 6.74. The van der Waals surface area contributed by atoms with Crippen molar-refractivity contribution in [2.24, 2.45) is 11.8 Å². The summed E-state index contributed by atoms with van der Waals surface area (Å²) >= 11 is 6.30. The summed E-state index contributed by atoms with van der Waals surface area (Å²) in [5.74, 6) is -2.52. The molecule has 0 aromatic heterocycles. The maximum Gasteiger partial charge on any atom is 0.250 e. The van der Waals surface area contributed by atoms with E-state index in [0.29, 0.717) is 22.0 Å². The molecule has 3 aliphatic rings. The van der Waals surface area contributed by atoms with Gasteiger partial charge in [0.15, 0.2) is 0 Å². The second-order valence-corrected chi connectivity index (χ2v) is 8.86. The topological polar surface area (TPSA) is 108 Å². The van der Waals surface area contributed by atoms with E-state index in [1.54, 1.807) is 56.5 Å². The molecule has 0 saturated carbocycles. The number of ether oxygens (including phenoxy) is 1. The molecule has 3 heterocycles. The van der Waals surface area contributed by atoms with Gasteiger partial charge in [-0.25, -0.2) is 0 Å². The largest absolute Gasteiger partial charge is 0.497 e. The number of nitrogens with one attached hydrogen (secondary N) is 2. The van der Waals surface area contributed by atoms with Gasteiger partial charge in [0.2, 0.25) is 17.7 Å². The number of imide groups is 1. The van der Waals surface area contributed by atoms with Crippen molar-refractivity contribution in [2.75, 3.05) is 12.4 Å². The number of anilines is 1. The van der Waals surface area contributed by atoms with Crippen LogP contribution in [0.2, 0.25) is 5.02 Å². The van der Waals surface area contributed by atoms with Gasteiger partial charge in [-0.2, -0.15) is 0 Å². The Labute approximate surface area is 189 Å².